The minimum absolute atomic E-state index is 0.148. The molecule has 0 bridgehead atoms. The summed E-state index contributed by atoms with van der Waals surface area (Å²) in [6.07, 6.45) is 8.54. The van der Waals surface area contributed by atoms with Crippen molar-refractivity contribution in [1.82, 2.24) is 16.0 Å². The molecule has 2 aliphatic carbocycles. The van der Waals surface area contributed by atoms with Crippen LogP contribution in [-0.2, 0) is 4.79 Å². The van der Waals surface area contributed by atoms with Crippen LogP contribution in [0.3, 0.4) is 0 Å². The van der Waals surface area contributed by atoms with Gasteiger partial charge in [-0.2, -0.15) is 0 Å². The van der Waals surface area contributed by atoms with Crippen molar-refractivity contribution in [2.75, 3.05) is 0 Å². The van der Waals surface area contributed by atoms with E-state index in [1.54, 1.807) is 0 Å². The molecule has 1 aliphatic heterocycles. The van der Waals surface area contributed by atoms with Crippen LogP contribution in [0.15, 0.2) is 30.3 Å². The van der Waals surface area contributed by atoms with Gasteiger partial charge >= 0.3 is 6.03 Å². The van der Waals surface area contributed by atoms with Crippen LogP contribution in [0.1, 0.15) is 63.0 Å². The van der Waals surface area contributed by atoms with Crippen molar-refractivity contribution in [3.63, 3.8) is 0 Å². The van der Waals surface area contributed by atoms with Crippen LogP contribution in [0.2, 0.25) is 0 Å². The molecule has 3 fully saturated rings. The van der Waals surface area contributed by atoms with Gasteiger partial charge in [-0.05, 0) is 43.6 Å². The third-order valence-corrected chi connectivity index (χ3v) is 6.29. The van der Waals surface area contributed by atoms with Crippen LogP contribution < -0.4 is 16.0 Å². The number of rotatable bonds is 5. The van der Waals surface area contributed by atoms with Crippen molar-refractivity contribution in [3.05, 3.63) is 35.9 Å². The summed E-state index contributed by atoms with van der Waals surface area (Å²) in [6, 6.07) is 11.2. The lowest BCUT2D eigenvalue weighted by molar-refractivity contribution is -0.125. The summed E-state index contributed by atoms with van der Waals surface area (Å²) in [5, 5.41) is 9.10. The molecule has 134 valence electrons. The molecule has 0 aromatic heterocycles. The van der Waals surface area contributed by atoms with E-state index in [4.69, 9.17) is 0 Å². The lowest BCUT2D eigenvalue weighted by atomic mass is 9.77. The van der Waals surface area contributed by atoms with Crippen molar-refractivity contribution in [3.8, 4) is 0 Å². The maximum absolute atomic E-state index is 12.1. The van der Waals surface area contributed by atoms with Crippen molar-refractivity contribution < 1.29 is 9.59 Å². The van der Waals surface area contributed by atoms with Crippen molar-refractivity contribution in [1.29, 1.82) is 0 Å². The summed E-state index contributed by atoms with van der Waals surface area (Å²) in [5.41, 5.74) is 0.701. The number of carbonyl (C=O) groups is 2. The first-order chi connectivity index (χ1) is 12.1. The zero-order chi connectivity index (χ0) is 17.3. The summed E-state index contributed by atoms with van der Waals surface area (Å²) in [6.45, 7) is 0. The van der Waals surface area contributed by atoms with Crippen LogP contribution in [0.4, 0.5) is 4.79 Å². The first-order valence-corrected chi connectivity index (χ1v) is 9.59. The second kappa shape index (κ2) is 6.79. The van der Waals surface area contributed by atoms with Gasteiger partial charge in [-0.1, -0.05) is 49.6 Å². The average Bonchev–Trinajstić information content (AvgIpc) is 2.86. The summed E-state index contributed by atoms with van der Waals surface area (Å²) >= 11 is 0. The first kappa shape index (κ1) is 16.6. The minimum atomic E-state index is -0.661. The molecular formula is C20H27N3O2. The average molecular weight is 341 g/mol. The van der Waals surface area contributed by atoms with Crippen LogP contribution >= 0.6 is 0 Å². The zero-order valence-corrected chi connectivity index (χ0v) is 14.6. The second-order valence-corrected chi connectivity index (χ2v) is 7.93. The topological polar surface area (TPSA) is 70.2 Å². The van der Waals surface area contributed by atoms with E-state index in [1.165, 1.54) is 31.2 Å². The van der Waals surface area contributed by atoms with E-state index in [2.05, 4.69) is 46.3 Å². The van der Waals surface area contributed by atoms with Crippen molar-refractivity contribution >= 4 is 11.9 Å². The third kappa shape index (κ3) is 3.43. The first-order valence-electron chi connectivity index (χ1n) is 9.59. The molecule has 4 rings (SSSR count). The molecule has 1 aromatic carbocycles. The van der Waals surface area contributed by atoms with Gasteiger partial charge in [0, 0.05) is 12.1 Å². The standard InChI is InChI=1S/C20H27N3O2/c24-18-20(23-19(25)22-18)11-9-16(10-12-20)21-17(13-14-5-4-6-14)15-7-2-1-3-8-15/h1-3,7-8,14,16-17,21H,4-6,9-13H2,(H2,22,23,24,25). The van der Waals surface area contributed by atoms with Gasteiger partial charge in [0.1, 0.15) is 5.54 Å². The molecule has 1 unspecified atom stereocenters. The van der Waals surface area contributed by atoms with Crippen LogP contribution in [0.25, 0.3) is 0 Å². The van der Waals surface area contributed by atoms with Gasteiger partial charge in [-0.15, -0.1) is 0 Å². The number of urea groups is 1. The van der Waals surface area contributed by atoms with Gasteiger partial charge in [-0.25, -0.2) is 4.79 Å². The fourth-order valence-corrected chi connectivity index (χ4v) is 4.49. The Morgan fingerprint density at radius 3 is 2.36 bits per heavy atom. The molecule has 25 heavy (non-hydrogen) atoms. The van der Waals surface area contributed by atoms with E-state index in [1.807, 2.05) is 0 Å². The predicted molar refractivity (Wildman–Crippen MR) is 95.9 cm³/mol. The lowest BCUT2D eigenvalue weighted by Gasteiger charge is -2.38. The largest absolute Gasteiger partial charge is 0.323 e. The number of carbonyl (C=O) groups excluding carboxylic acids is 2. The van der Waals surface area contributed by atoms with E-state index >= 15 is 0 Å². The van der Waals surface area contributed by atoms with Gasteiger partial charge in [-0.3, -0.25) is 10.1 Å². The van der Waals surface area contributed by atoms with Crippen LogP contribution in [0, 0.1) is 5.92 Å². The quantitative estimate of drug-likeness (QED) is 0.721. The molecule has 5 heteroatoms. The maximum Gasteiger partial charge on any atom is 0.322 e. The summed E-state index contributed by atoms with van der Waals surface area (Å²) < 4.78 is 0. The SMILES string of the molecule is O=C1NC(=O)C2(CCC(NC(CC3CCC3)c3ccccc3)CC2)N1. The molecule has 3 amide bonds. The van der Waals surface area contributed by atoms with Crippen molar-refractivity contribution in [2.45, 2.75) is 69.0 Å². The zero-order valence-electron chi connectivity index (χ0n) is 14.6. The van der Waals surface area contributed by atoms with Gasteiger partial charge in [0.2, 0.25) is 0 Å². The molecule has 1 heterocycles. The van der Waals surface area contributed by atoms with Gasteiger partial charge in [0.05, 0.1) is 0 Å². The van der Waals surface area contributed by atoms with E-state index in [0.29, 0.717) is 24.9 Å². The Labute approximate surface area is 148 Å². The smallest absolute Gasteiger partial charge is 0.322 e. The van der Waals surface area contributed by atoms with E-state index in [0.717, 1.165) is 18.8 Å². The highest BCUT2D eigenvalue weighted by atomic mass is 16.2. The Balaban J connectivity index is 1.39. The number of hydrogen-bond donors (Lipinski definition) is 3. The van der Waals surface area contributed by atoms with Crippen LogP contribution in [-0.4, -0.2) is 23.5 Å². The van der Waals surface area contributed by atoms with E-state index in [-0.39, 0.29) is 11.9 Å². The Hall–Kier alpha value is -1.88. The molecule has 0 radical (unpaired) electrons. The Bertz CT molecular complexity index is 634. The number of amides is 3. The lowest BCUT2D eigenvalue weighted by Crippen LogP contribution is -2.52. The Morgan fingerprint density at radius 2 is 1.80 bits per heavy atom. The molecular weight excluding hydrogens is 314 g/mol. The number of imide groups is 1. The molecule has 5 nitrogen and oxygen atoms in total. The van der Waals surface area contributed by atoms with Gasteiger partial charge in [0.15, 0.2) is 0 Å². The second-order valence-electron chi connectivity index (χ2n) is 7.93. The maximum atomic E-state index is 12.1. The third-order valence-electron chi connectivity index (χ3n) is 6.29. The highest BCUT2D eigenvalue weighted by Gasteiger charge is 2.48. The highest BCUT2D eigenvalue weighted by molar-refractivity contribution is 6.07. The molecule has 1 atom stereocenters. The molecule has 1 saturated heterocycles. The molecule has 1 spiro atoms. The number of nitrogens with one attached hydrogen (secondary N) is 3. The number of benzene rings is 1. The number of hydrogen-bond acceptors (Lipinski definition) is 3. The van der Waals surface area contributed by atoms with E-state index < -0.39 is 5.54 Å². The summed E-state index contributed by atoms with van der Waals surface area (Å²) in [4.78, 5) is 23.6. The van der Waals surface area contributed by atoms with Crippen LogP contribution in [0.5, 0.6) is 0 Å². The Morgan fingerprint density at radius 1 is 1.08 bits per heavy atom. The minimum Gasteiger partial charge on any atom is -0.323 e. The molecule has 3 N–H and O–H groups in total. The summed E-state index contributed by atoms with van der Waals surface area (Å²) in [5.74, 6) is 0.692. The fraction of sp³-hybridized carbons (Fsp3) is 0.600. The predicted octanol–water partition coefficient (Wildman–Crippen LogP) is 3.03. The Kier molecular flexibility index (Phi) is 4.50. The molecule has 2 saturated carbocycles. The van der Waals surface area contributed by atoms with Gasteiger partial charge in [0.25, 0.3) is 5.91 Å². The van der Waals surface area contributed by atoms with E-state index in [9.17, 15) is 9.59 Å². The fourth-order valence-electron chi connectivity index (χ4n) is 4.49. The summed E-state index contributed by atoms with van der Waals surface area (Å²) in [7, 11) is 0. The normalized spacial score (nSPS) is 30.6. The highest BCUT2D eigenvalue weighted by Crippen LogP contribution is 2.37. The molecule has 3 aliphatic rings. The van der Waals surface area contributed by atoms with Gasteiger partial charge < -0.3 is 10.6 Å². The van der Waals surface area contributed by atoms with Crippen molar-refractivity contribution in [2.24, 2.45) is 5.92 Å². The monoisotopic (exact) mass is 341 g/mol. The molecule has 1 aromatic rings.